The molecule has 0 spiro atoms. The lowest BCUT2D eigenvalue weighted by Gasteiger charge is -2.29. The molecule has 1 aromatic carbocycles. The molecular formula is C22H32FNO4. The number of rotatable bonds is 8. The zero-order chi connectivity index (χ0) is 20.1. The number of benzene rings is 1. The van der Waals surface area contributed by atoms with Crippen LogP contribution in [0.25, 0.3) is 0 Å². The van der Waals surface area contributed by atoms with Crippen molar-refractivity contribution < 1.29 is 24.1 Å². The van der Waals surface area contributed by atoms with Crippen LogP contribution >= 0.6 is 0 Å². The topological polar surface area (TPSA) is 59.0 Å². The SMILES string of the molecule is CCCC(C)(OO)C(=O)N1CCC(COc2ccc(F)cc2C2CCCC2)C1. The van der Waals surface area contributed by atoms with Gasteiger partial charge < -0.3 is 9.64 Å². The van der Waals surface area contributed by atoms with Crippen molar-refractivity contribution in [2.75, 3.05) is 19.7 Å². The molecule has 1 aromatic rings. The Morgan fingerprint density at radius 1 is 1.32 bits per heavy atom. The maximum Gasteiger partial charge on any atom is 0.257 e. The van der Waals surface area contributed by atoms with Crippen LogP contribution in [0.4, 0.5) is 4.39 Å². The molecule has 1 saturated carbocycles. The van der Waals surface area contributed by atoms with E-state index in [0.29, 0.717) is 32.0 Å². The predicted octanol–water partition coefficient (Wildman–Crippen LogP) is 4.76. The van der Waals surface area contributed by atoms with Gasteiger partial charge in [0.15, 0.2) is 5.60 Å². The monoisotopic (exact) mass is 393 g/mol. The average Bonchev–Trinajstić information content (AvgIpc) is 3.38. The average molecular weight is 393 g/mol. The first kappa shape index (κ1) is 21.1. The second-order valence-corrected chi connectivity index (χ2v) is 8.45. The standard InChI is InChI=1S/C22H32FNO4/c1-3-11-22(2,28-26)21(25)24-12-10-16(14-24)15-27-20-9-8-18(23)13-19(20)17-6-4-5-7-17/h8-9,13,16-17,26H,3-7,10-12,14-15H2,1-2H3. The van der Waals surface area contributed by atoms with Crippen molar-refractivity contribution in [3.8, 4) is 5.75 Å². The summed E-state index contributed by atoms with van der Waals surface area (Å²) in [6.07, 6.45) is 6.61. The van der Waals surface area contributed by atoms with Gasteiger partial charge in [-0.05, 0) is 56.7 Å². The maximum absolute atomic E-state index is 13.8. The number of ether oxygens (including phenoxy) is 1. The van der Waals surface area contributed by atoms with E-state index >= 15 is 0 Å². The van der Waals surface area contributed by atoms with Gasteiger partial charge in [0, 0.05) is 24.6 Å². The second-order valence-electron chi connectivity index (χ2n) is 8.45. The largest absolute Gasteiger partial charge is 0.493 e. The van der Waals surface area contributed by atoms with Crippen LogP contribution < -0.4 is 4.74 Å². The molecule has 5 nitrogen and oxygen atoms in total. The zero-order valence-corrected chi connectivity index (χ0v) is 17.0. The fourth-order valence-electron chi connectivity index (χ4n) is 4.57. The molecule has 1 aliphatic heterocycles. The lowest BCUT2D eigenvalue weighted by Crippen LogP contribution is -2.47. The summed E-state index contributed by atoms with van der Waals surface area (Å²) in [7, 11) is 0. The summed E-state index contributed by atoms with van der Waals surface area (Å²) in [5.41, 5.74) is -0.204. The van der Waals surface area contributed by atoms with E-state index in [1.54, 1.807) is 24.0 Å². The number of hydrogen-bond donors (Lipinski definition) is 1. The Morgan fingerprint density at radius 3 is 2.75 bits per heavy atom. The minimum atomic E-state index is -1.18. The summed E-state index contributed by atoms with van der Waals surface area (Å²) in [6, 6.07) is 4.80. The van der Waals surface area contributed by atoms with Crippen molar-refractivity contribution in [2.45, 2.75) is 70.3 Å². The number of halogens is 1. The number of amides is 1. The number of likely N-dealkylation sites (tertiary alicyclic amines) is 1. The quantitative estimate of drug-likeness (QED) is 0.511. The molecule has 1 saturated heterocycles. The van der Waals surface area contributed by atoms with Gasteiger partial charge in [-0.2, -0.15) is 0 Å². The molecule has 28 heavy (non-hydrogen) atoms. The predicted molar refractivity (Wildman–Crippen MR) is 105 cm³/mol. The molecule has 2 fully saturated rings. The molecular weight excluding hydrogens is 361 g/mol. The van der Waals surface area contributed by atoms with Crippen molar-refractivity contribution in [1.82, 2.24) is 4.90 Å². The number of nitrogens with zero attached hydrogens (tertiary/aromatic N) is 1. The Bertz CT molecular complexity index is 677. The summed E-state index contributed by atoms with van der Waals surface area (Å²) in [6.45, 7) is 5.31. The minimum Gasteiger partial charge on any atom is -0.493 e. The van der Waals surface area contributed by atoms with Crippen LogP contribution in [0.15, 0.2) is 18.2 Å². The van der Waals surface area contributed by atoms with Crippen molar-refractivity contribution in [2.24, 2.45) is 5.92 Å². The first-order chi connectivity index (χ1) is 13.5. The first-order valence-electron chi connectivity index (χ1n) is 10.5. The van der Waals surface area contributed by atoms with Crippen molar-refractivity contribution in [1.29, 1.82) is 0 Å². The molecule has 2 aliphatic rings. The Kier molecular flexibility index (Phi) is 6.94. The summed E-state index contributed by atoms with van der Waals surface area (Å²) < 4.78 is 19.8. The van der Waals surface area contributed by atoms with Crippen LogP contribution in [0.5, 0.6) is 5.75 Å². The van der Waals surface area contributed by atoms with Crippen molar-refractivity contribution in [3.63, 3.8) is 0 Å². The summed E-state index contributed by atoms with van der Waals surface area (Å²) in [5.74, 6) is 0.977. The highest BCUT2D eigenvalue weighted by molar-refractivity contribution is 5.85. The fourth-order valence-corrected chi connectivity index (χ4v) is 4.57. The fraction of sp³-hybridized carbons (Fsp3) is 0.682. The Balaban J connectivity index is 1.59. The molecule has 0 bridgehead atoms. The van der Waals surface area contributed by atoms with Crippen LogP contribution in [0.1, 0.15) is 70.3 Å². The maximum atomic E-state index is 13.8. The number of carbonyl (C=O) groups is 1. The van der Waals surface area contributed by atoms with E-state index in [-0.39, 0.29) is 17.6 Å². The minimum absolute atomic E-state index is 0.173. The highest BCUT2D eigenvalue weighted by Gasteiger charge is 2.40. The van der Waals surface area contributed by atoms with Gasteiger partial charge in [0.2, 0.25) is 0 Å². The lowest BCUT2D eigenvalue weighted by molar-refractivity contribution is -0.311. The van der Waals surface area contributed by atoms with Crippen LogP contribution in [0, 0.1) is 11.7 Å². The summed E-state index contributed by atoms with van der Waals surface area (Å²) in [5, 5.41) is 9.22. The van der Waals surface area contributed by atoms with Crippen molar-refractivity contribution >= 4 is 5.91 Å². The molecule has 2 unspecified atom stereocenters. The molecule has 3 rings (SSSR count). The van der Waals surface area contributed by atoms with Gasteiger partial charge in [0.1, 0.15) is 11.6 Å². The van der Waals surface area contributed by atoms with Gasteiger partial charge in [0.25, 0.3) is 5.91 Å². The van der Waals surface area contributed by atoms with Gasteiger partial charge in [0.05, 0.1) is 6.61 Å². The second kappa shape index (κ2) is 9.23. The third-order valence-electron chi connectivity index (χ3n) is 6.20. The zero-order valence-electron chi connectivity index (χ0n) is 17.0. The van der Waals surface area contributed by atoms with Gasteiger partial charge >= 0.3 is 0 Å². The van der Waals surface area contributed by atoms with E-state index in [9.17, 15) is 14.4 Å². The van der Waals surface area contributed by atoms with E-state index in [1.165, 1.54) is 18.9 Å². The van der Waals surface area contributed by atoms with E-state index in [1.807, 2.05) is 6.92 Å². The smallest absolute Gasteiger partial charge is 0.257 e. The molecule has 156 valence electrons. The molecule has 1 N–H and O–H groups in total. The van der Waals surface area contributed by atoms with Crippen LogP contribution in [-0.4, -0.2) is 41.4 Å². The molecule has 0 aromatic heterocycles. The van der Waals surface area contributed by atoms with E-state index in [4.69, 9.17) is 4.74 Å². The van der Waals surface area contributed by atoms with Crippen LogP contribution in [0.3, 0.4) is 0 Å². The molecule has 6 heteroatoms. The van der Waals surface area contributed by atoms with Crippen LogP contribution in [0.2, 0.25) is 0 Å². The molecule has 2 atom stereocenters. The van der Waals surface area contributed by atoms with Crippen molar-refractivity contribution in [3.05, 3.63) is 29.6 Å². The number of hydrogen-bond acceptors (Lipinski definition) is 4. The van der Waals surface area contributed by atoms with E-state index in [2.05, 4.69) is 4.89 Å². The molecule has 1 aliphatic carbocycles. The number of carbonyl (C=O) groups excluding carboxylic acids is 1. The van der Waals surface area contributed by atoms with E-state index < -0.39 is 5.60 Å². The lowest BCUT2D eigenvalue weighted by atomic mass is 9.96. The molecule has 1 amide bonds. The Morgan fingerprint density at radius 2 is 2.07 bits per heavy atom. The van der Waals surface area contributed by atoms with Gasteiger partial charge in [-0.1, -0.05) is 26.2 Å². The van der Waals surface area contributed by atoms with E-state index in [0.717, 1.165) is 37.0 Å². The van der Waals surface area contributed by atoms with Crippen LogP contribution in [-0.2, 0) is 9.68 Å². The normalized spacial score (nSPS) is 22.4. The van der Waals surface area contributed by atoms with Gasteiger partial charge in [-0.3, -0.25) is 10.1 Å². The third kappa shape index (κ3) is 4.66. The summed E-state index contributed by atoms with van der Waals surface area (Å²) in [4.78, 5) is 19.0. The highest BCUT2D eigenvalue weighted by Crippen LogP contribution is 2.39. The third-order valence-corrected chi connectivity index (χ3v) is 6.20. The molecule has 1 heterocycles. The summed E-state index contributed by atoms with van der Waals surface area (Å²) >= 11 is 0. The highest BCUT2D eigenvalue weighted by atomic mass is 19.1. The first-order valence-corrected chi connectivity index (χ1v) is 10.5. The molecule has 0 radical (unpaired) electrons. The van der Waals surface area contributed by atoms with Gasteiger partial charge in [-0.15, -0.1) is 0 Å². The van der Waals surface area contributed by atoms with Gasteiger partial charge in [-0.25, -0.2) is 9.28 Å². The Labute approximate surface area is 166 Å². The Hall–Kier alpha value is -1.66.